The summed E-state index contributed by atoms with van der Waals surface area (Å²) in [6.07, 6.45) is -0.0165. The third kappa shape index (κ3) is 3.53. The molecule has 2 aromatic rings. The molecule has 10 nitrogen and oxygen atoms in total. The standard InChI is InChI=1S/C17H18Cl2N6O4/c18-9-6-10-14-13(12(9)19)22-7-8(25(14)16(28)15(27)23-10)5-11(26)20-1-3-24-4-2-21-17(24)29/h6,8,22H,1-5,7H2,(H,20,26)(H,21,29)(H,23,27). The van der Waals surface area contributed by atoms with Crippen molar-refractivity contribution in [2.45, 2.75) is 12.5 Å². The summed E-state index contributed by atoms with van der Waals surface area (Å²) in [4.78, 5) is 52.7. The van der Waals surface area contributed by atoms with Crippen molar-refractivity contribution in [3.8, 4) is 0 Å². The van der Waals surface area contributed by atoms with Crippen LogP contribution in [0.5, 0.6) is 0 Å². The van der Waals surface area contributed by atoms with Gasteiger partial charge in [-0.3, -0.25) is 19.0 Å². The van der Waals surface area contributed by atoms with Gasteiger partial charge in [0.1, 0.15) is 0 Å². The number of urea groups is 1. The quantitative estimate of drug-likeness (QED) is 0.503. The van der Waals surface area contributed by atoms with Crippen LogP contribution in [0.2, 0.25) is 10.0 Å². The van der Waals surface area contributed by atoms with E-state index in [1.807, 2.05) is 0 Å². The van der Waals surface area contributed by atoms with Gasteiger partial charge in [-0.05, 0) is 6.07 Å². The minimum Gasteiger partial charge on any atom is -0.380 e. The van der Waals surface area contributed by atoms with E-state index < -0.39 is 17.2 Å². The van der Waals surface area contributed by atoms with Gasteiger partial charge in [0.25, 0.3) is 0 Å². The van der Waals surface area contributed by atoms with Gasteiger partial charge in [-0.15, -0.1) is 0 Å². The van der Waals surface area contributed by atoms with Gasteiger partial charge >= 0.3 is 17.1 Å². The van der Waals surface area contributed by atoms with Crippen LogP contribution in [-0.4, -0.2) is 59.1 Å². The van der Waals surface area contributed by atoms with Crippen molar-refractivity contribution in [1.29, 1.82) is 0 Å². The third-order valence-electron chi connectivity index (χ3n) is 5.04. The molecule has 3 amide bonds. The zero-order valence-corrected chi connectivity index (χ0v) is 16.7. The molecule has 0 bridgehead atoms. The molecule has 1 saturated heterocycles. The van der Waals surface area contributed by atoms with E-state index >= 15 is 0 Å². The molecule has 29 heavy (non-hydrogen) atoms. The molecule has 1 unspecified atom stereocenters. The van der Waals surface area contributed by atoms with Gasteiger partial charge < -0.3 is 25.8 Å². The number of halogens is 2. The van der Waals surface area contributed by atoms with Crippen LogP contribution in [0.1, 0.15) is 12.5 Å². The second kappa shape index (κ2) is 7.60. The average molecular weight is 441 g/mol. The summed E-state index contributed by atoms with van der Waals surface area (Å²) in [5, 5.41) is 9.03. The molecule has 1 aromatic carbocycles. The first-order valence-electron chi connectivity index (χ1n) is 9.06. The number of carbonyl (C=O) groups excluding carboxylic acids is 2. The lowest BCUT2D eigenvalue weighted by molar-refractivity contribution is -0.121. The van der Waals surface area contributed by atoms with Crippen LogP contribution in [0.4, 0.5) is 10.5 Å². The molecule has 4 rings (SSSR count). The Morgan fingerprint density at radius 2 is 2.03 bits per heavy atom. The summed E-state index contributed by atoms with van der Waals surface area (Å²) in [6.45, 7) is 2.11. The molecule has 2 aliphatic rings. The summed E-state index contributed by atoms with van der Waals surface area (Å²) >= 11 is 12.4. The molecular weight excluding hydrogens is 423 g/mol. The predicted molar refractivity (Wildman–Crippen MR) is 109 cm³/mol. The fourth-order valence-electron chi connectivity index (χ4n) is 3.67. The van der Waals surface area contributed by atoms with Crippen LogP contribution >= 0.6 is 23.2 Å². The highest BCUT2D eigenvalue weighted by Gasteiger charge is 2.28. The molecule has 1 aromatic heterocycles. The minimum atomic E-state index is -0.797. The normalized spacial score (nSPS) is 17.9. The largest absolute Gasteiger partial charge is 0.380 e. The lowest BCUT2D eigenvalue weighted by Crippen LogP contribution is -2.44. The Bertz CT molecular complexity index is 1130. The maximum Gasteiger partial charge on any atom is 0.317 e. The number of carbonyl (C=O) groups is 2. The number of nitrogens with zero attached hydrogens (tertiary/aromatic N) is 2. The van der Waals surface area contributed by atoms with E-state index in [0.29, 0.717) is 42.9 Å². The van der Waals surface area contributed by atoms with Gasteiger partial charge in [0.15, 0.2) is 0 Å². The van der Waals surface area contributed by atoms with E-state index in [2.05, 4.69) is 20.9 Å². The number of anilines is 1. The van der Waals surface area contributed by atoms with Crippen LogP contribution in [0.25, 0.3) is 11.0 Å². The van der Waals surface area contributed by atoms with Gasteiger partial charge in [0, 0.05) is 39.1 Å². The molecule has 0 spiro atoms. The first-order valence-corrected chi connectivity index (χ1v) is 9.82. The van der Waals surface area contributed by atoms with E-state index in [9.17, 15) is 19.2 Å². The van der Waals surface area contributed by atoms with E-state index in [-0.39, 0.29) is 34.9 Å². The maximum atomic E-state index is 12.5. The first kappa shape index (κ1) is 19.6. The number of nitrogens with one attached hydrogen (secondary N) is 4. The molecule has 2 aliphatic heterocycles. The van der Waals surface area contributed by atoms with Gasteiger partial charge in [0.05, 0.1) is 32.8 Å². The maximum absolute atomic E-state index is 12.5. The van der Waals surface area contributed by atoms with Crippen LogP contribution in [-0.2, 0) is 4.79 Å². The Kier molecular flexibility index (Phi) is 5.13. The third-order valence-corrected chi connectivity index (χ3v) is 5.83. The number of aromatic amines is 1. The van der Waals surface area contributed by atoms with Crippen molar-refractivity contribution >= 4 is 51.9 Å². The molecule has 4 N–H and O–H groups in total. The lowest BCUT2D eigenvalue weighted by Gasteiger charge is -2.29. The predicted octanol–water partition coefficient (Wildman–Crippen LogP) is 0.495. The van der Waals surface area contributed by atoms with Gasteiger partial charge in [-0.25, -0.2) is 4.79 Å². The number of amides is 3. The SMILES string of the molecule is O=C(CC1CNc2c(Cl)c(Cl)cc3[nH]c(=O)c(=O)n1c23)NCCN1CCNC1=O. The second-order valence-electron chi connectivity index (χ2n) is 6.88. The molecule has 3 heterocycles. The number of hydrogen-bond donors (Lipinski definition) is 4. The summed E-state index contributed by atoms with van der Waals surface area (Å²) in [6, 6.07) is 0.748. The Labute approximate surface area is 174 Å². The van der Waals surface area contributed by atoms with E-state index in [1.54, 1.807) is 4.90 Å². The topological polar surface area (TPSA) is 128 Å². The van der Waals surface area contributed by atoms with Crippen LogP contribution in [0.15, 0.2) is 15.7 Å². The molecule has 1 fully saturated rings. The zero-order valence-electron chi connectivity index (χ0n) is 15.2. The summed E-state index contributed by atoms with van der Waals surface area (Å²) in [5.74, 6) is -0.291. The molecule has 0 aliphatic carbocycles. The smallest absolute Gasteiger partial charge is 0.317 e. The van der Waals surface area contributed by atoms with Crippen LogP contribution < -0.4 is 27.1 Å². The van der Waals surface area contributed by atoms with E-state index in [4.69, 9.17) is 23.2 Å². The van der Waals surface area contributed by atoms with Crippen molar-refractivity contribution < 1.29 is 9.59 Å². The Hall–Kier alpha value is -2.72. The van der Waals surface area contributed by atoms with Gasteiger partial charge in [-0.2, -0.15) is 0 Å². The number of H-pyrrole nitrogens is 1. The minimum absolute atomic E-state index is 0.0165. The zero-order chi connectivity index (χ0) is 20.7. The van der Waals surface area contributed by atoms with Crippen molar-refractivity contribution in [3.05, 3.63) is 36.8 Å². The highest BCUT2D eigenvalue weighted by molar-refractivity contribution is 6.45. The number of benzene rings is 1. The summed E-state index contributed by atoms with van der Waals surface area (Å²) < 4.78 is 1.30. The molecule has 0 saturated carbocycles. The monoisotopic (exact) mass is 440 g/mol. The number of aromatic nitrogens is 2. The summed E-state index contributed by atoms with van der Waals surface area (Å²) in [7, 11) is 0. The van der Waals surface area contributed by atoms with Crippen molar-refractivity contribution in [2.24, 2.45) is 0 Å². The number of rotatable bonds is 5. The fraction of sp³-hybridized carbons (Fsp3) is 0.412. The Morgan fingerprint density at radius 1 is 1.24 bits per heavy atom. The second-order valence-corrected chi connectivity index (χ2v) is 7.67. The number of hydrogen-bond acceptors (Lipinski definition) is 5. The van der Waals surface area contributed by atoms with Crippen molar-refractivity contribution in [2.75, 3.05) is 38.0 Å². The molecule has 0 radical (unpaired) electrons. The highest BCUT2D eigenvalue weighted by Crippen LogP contribution is 2.39. The molecule has 154 valence electrons. The van der Waals surface area contributed by atoms with E-state index in [1.165, 1.54) is 10.6 Å². The summed E-state index contributed by atoms with van der Waals surface area (Å²) in [5.41, 5.74) is -0.350. The Balaban J connectivity index is 1.55. The lowest BCUT2D eigenvalue weighted by atomic mass is 10.1. The molecule has 12 heteroatoms. The van der Waals surface area contributed by atoms with Crippen LogP contribution in [0.3, 0.4) is 0 Å². The van der Waals surface area contributed by atoms with E-state index in [0.717, 1.165) is 0 Å². The van der Waals surface area contributed by atoms with Crippen molar-refractivity contribution in [1.82, 2.24) is 25.1 Å². The molecular formula is C17H18Cl2N6O4. The van der Waals surface area contributed by atoms with Gasteiger partial charge in [-0.1, -0.05) is 23.2 Å². The van der Waals surface area contributed by atoms with Gasteiger partial charge in [0.2, 0.25) is 5.91 Å². The Morgan fingerprint density at radius 3 is 2.76 bits per heavy atom. The first-order chi connectivity index (χ1) is 13.9. The molecule has 1 atom stereocenters. The van der Waals surface area contributed by atoms with Crippen molar-refractivity contribution in [3.63, 3.8) is 0 Å². The highest BCUT2D eigenvalue weighted by atomic mass is 35.5. The average Bonchev–Trinajstić information content (AvgIpc) is 3.09. The van der Waals surface area contributed by atoms with Crippen LogP contribution in [0, 0.1) is 0 Å². The fourth-order valence-corrected chi connectivity index (χ4v) is 4.09.